The summed E-state index contributed by atoms with van der Waals surface area (Å²) in [7, 11) is 0. The molecule has 9 heteroatoms. The Kier molecular flexibility index (Phi) is 8.86. The average Bonchev–Trinajstić information content (AvgIpc) is 2.71. The number of hydrogen-bond donors (Lipinski definition) is 0. The molecule has 3 rings (SSSR count). The Bertz CT molecular complexity index is 908. The number of unbranched alkanes of at least 4 members (excludes halogenated alkanes) is 2. The number of rotatable bonds is 9. The van der Waals surface area contributed by atoms with Crippen LogP contribution in [0.3, 0.4) is 0 Å². The van der Waals surface area contributed by atoms with Crippen molar-refractivity contribution in [2.45, 2.75) is 56.6 Å². The van der Waals surface area contributed by atoms with Crippen LogP contribution in [-0.4, -0.2) is 19.5 Å². The van der Waals surface area contributed by atoms with Crippen molar-refractivity contribution < 1.29 is 35.8 Å². The smallest absolute Gasteiger partial charge is 0.332 e. The molecule has 0 saturated carbocycles. The van der Waals surface area contributed by atoms with E-state index in [-0.39, 0.29) is 6.42 Å². The van der Waals surface area contributed by atoms with Crippen molar-refractivity contribution in [3.63, 3.8) is 0 Å². The molecule has 0 spiro atoms. The fourth-order valence-electron chi connectivity index (χ4n) is 3.92. The van der Waals surface area contributed by atoms with Crippen LogP contribution in [0.4, 0.5) is 26.3 Å². The van der Waals surface area contributed by atoms with Gasteiger partial charge < -0.3 is 9.47 Å². The topological polar surface area (TPSA) is 18.5 Å². The molecule has 0 radical (unpaired) electrons. The van der Waals surface area contributed by atoms with Crippen molar-refractivity contribution in [3.05, 3.63) is 58.7 Å². The Morgan fingerprint density at radius 2 is 1.45 bits per heavy atom. The van der Waals surface area contributed by atoms with Crippen molar-refractivity contribution in [1.29, 1.82) is 0 Å². The Morgan fingerprint density at radius 1 is 0.879 bits per heavy atom. The number of ether oxygens (including phenoxy) is 2. The van der Waals surface area contributed by atoms with Gasteiger partial charge in [-0.25, -0.2) is 17.6 Å². The van der Waals surface area contributed by atoms with Gasteiger partial charge in [-0.3, -0.25) is 0 Å². The van der Waals surface area contributed by atoms with Crippen LogP contribution >= 0.6 is 15.9 Å². The van der Waals surface area contributed by atoms with Gasteiger partial charge in [-0.2, -0.15) is 8.78 Å². The third-order valence-corrected chi connectivity index (χ3v) is 6.03. The van der Waals surface area contributed by atoms with Crippen LogP contribution < -0.4 is 0 Å². The van der Waals surface area contributed by atoms with Crippen LogP contribution in [0, 0.1) is 29.2 Å². The van der Waals surface area contributed by atoms with Gasteiger partial charge in [0.1, 0.15) is 28.8 Å². The minimum absolute atomic E-state index is 0.261. The molecule has 0 amide bonds. The van der Waals surface area contributed by atoms with E-state index in [1.165, 1.54) is 6.42 Å². The van der Waals surface area contributed by atoms with Gasteiger partial charge in [0.2, 0.25) is 0 Å². The van der Waals surface area contributed by atoms with E-state index in [0.29, 0.717) is 43.2 Å². The quantitative estimate of drug-likeness (QED) is 0.184. The van der Waals surface area contributed by atoms with E-state index in [0.717, 1.165) is 31.4 Å². The maximum atomic E-state index is 14.7. The van der Waals surface area contributed by atoms with Gasteiger partial charge in [-0.05, 0) is 64.2 Å². The van der Waals surface area contributed by atoms with Crippen molar-refractivity contribution in [2.75, 3.05) is 13.2 Å². The van der Waals surface area contributed by atoms with E-state index in [9.17, 15) is 26.3 Å². The minimum atomic E-state index is -3.96. The normalized spacial score (nSPS) is 19.2. The van der Waals surface area contributed by atoms with E-state index in [4.69, 9.17) is 9.47 Å². The first-order chi connectivity index (χ1) is 15.6. The summed E-state index contributed by atoms with van der Waals surface area (Å²) in [5.41, 5.74) is -2.42. The minimum Gasteiger partial charge on any atom is -0.352 e. The molecule has 2 nitrogen and oxygen atoms in total. The molecule has 182 valence electrons. The predicted octanol–water partition coefficient (Wildman–Crippen LogP) is 7.86. The molecule has 1 saturated heterocycles. The van der Waals surface area contributed by atoms with Crippen LogP contribution in [0.15, 0.2) is 24.3 Å². The Balaban J connectivity index is 1.66. The summed E-state index contributed by atoms with van der Waals surface area (Å²) in [4.78, 5) is -3.96. The van der Waals surface area contributed by atoms with Gasteiger partial charge in [-0.1, -0.05) is 26.2 Å². The number of aryl methyl sites for hydroxylation is 1. The zero-order chi connectivity index (χ0) is 24.2. The van der Waals surface area contributed by atoms with Gasteiger partial charge in [-0.15, -0.1) is 0 Å². The maximum absolute atomic E-state index is 14.7. The lowest BCUT2D eigenvalue weighted by Crippen LogP contribution is -2.32. The zero-order valence-electron chi connectivity index (χ0n) is 18.1. The molecule has 0 aliphatic carbocycles. The monoisotopic (exact) mass is 538 g/mol. The van der Waals surface area contributed by atoms with E-state index in [2.05, 4.69) is 6.92 Å². The Morgan fingerprint density at radius 3 is 1.97 bits per heavy atom. The third-order valence-electron chi connectivity index (χ3n) is 5.64. The first-order valence-electron chi connectivity index (χ1n) is 10.9. The summed E-state index contributed by atoms with van der Waals surface area (Å²) in [5, 5.41) is 0. The molecule has 1 aliphatic rings. The van der Waals surface area contributed by atoms with Crippen molar-refractivity contribution in [3.8, 4) is 11.1 Å². The van der Waals surface area contributed by atoms with Crippen molar-refractivity contribution >= 4 is 15.9 Å². The highest BCUT2D eigenvalue weighted by atomic mass is 79.9. The molecule has 0 N–H and O–H groups in total. The van der Waals surface area contributed by atoms with E-state index in [1.807, 2.05) is 15.9 Å². The molecular formula is C24H25BrF6O2. The van der Waals surface area contributed by atoms with Crippen LogP contribution in [0.1, 0.15) is 50.2 Å². The van der Waals surface area contributed by atoms with Crippen LogP contribution in [0.2, 0.25) is 0 Å². The van der Waals surface area contributed by atoms with Crippen LogP contribution in [-0.2, 0) is 20.7 Å². The van der Waals surface area contributed by atoms with Gasteiger partial charge in [0.15, 0.2) is 6.29 Å². The molecule has 1 heterocycles. The van der Waals surface area contributed by atoms with Crippen molar-refractivity contribution in [2.24, 2.45) is 5.92 Å². The number of benzene rings is 2. The predicted molar refractivity (Wildman–Crippen MR) is 116 cm³/mol. The second-order valence-corrected chi connectivity index (χ2v) is 9.24. The van der Waals surface area contributed by atoms with Crippen molar-refractivity contribution in [1.82, 2.24) is 0 Å². The molecule has 33 heavy (non-hydrogen) atoms. The maximum Gasteiger partial charge on any atom is 0.332 e. The first-order valence-corrected chi connectivity index (χ1v) is 11.7. The number of halogens is 7. The Hall–Kier alpha value is -1.58. The second kappa shape index (κ2) is 11.2. The highest BCUT2D eigenvalue weighted by molar-refractivity contribution is 9.09. The number of alkyl halides is 3. The lowest BCUT2D eigenvalue weighted by atomic mass is 9.98. The largest absolute Gasteiger partial charge is 0.352 e. The van der Waals surface area contributed by atoms with Gasteiger partial charge >= 0.3 is 4.83 Å². The lowest BCUT2D eigenvalue weighted by molar-refractivity contribution is -0.203. The lowest BCUT2D eigenvalue weighted by Gasteiger charge is -2.29. The van der Waals surface area contributed by atoms with E-state index < -0.39 is 51.1 Å². The first kappa shape index (κ1) is 26.0. The summed E-state index contributed by atoms with van der Waals surface area (Å²) >= 11 is 1.89. The molecule has 0 aromatic heterocycles. The fraction of sp³-hybridized carbons (Fsp3) is 0.500. The van der Waals surface area contributed by atoms with Gasteiger partial charge in [0.25, 0.3) is 0 Å². The molecule has 1 fully saturated rings. The molecule has 2 aromatic carbocycles. The molecule has 0 bridgehead atoms. The highest BCUT2D eigenvalue weighted by Gasteiger charge is 2.35. The molecular weight excluding hydrogens is 514 g/mol. The highest BCUT2D eigenvalue weighted by Crippen LogP contribution is 2.40. The SMILES string of the molecule is CCCCCC1COC(CCc2cc(F)c(-c3cc(F)c(C(F)(F)Br)c(F)c3)c(F)c2)OC1. The van der Waals surface area contributed by atoms with E-state index >= 15 is 0 Å². The van der Waals surface area contributed by atoms with Gasteiger partial charge in [0.05, 0.1) is 18.8 Å². The summed E-state index contributed by atoms with van der Waals surface area (Å²) in [5.74, 6) is -4.99. The fourth-order valence-corrected chi connectivity index (χ4v) is 4.30. The standard InChI is InChI=1S/C24H25BrF6O2/c1-2-3-4-5-15-12-32-21(33-13-15)7-6-14-8-17(26)22(18(27)9-14)16-10-19(28)23(20(29)11-16)24(25,30)31/h8-11,15,21H,2-7,12-13H2,1H3. The van der Waals surface area contributed by atoms with Crippen LogP contribution in [0.5, 0.6) is 0 Å². The van der Waals surface area contributed by atoms with E-state index in [1.54, 1.807) is 0 Å². The molecule has 2 aromatic rings. The van der Waals surface area contributed by atoms with Gasteiger partial charge in [0, 0.05) is 12.3 Å². The average molecular weight is 539 g/mol. The number of hydrogen-bond acceptors (Lipinski definition) is 2. The summed E-state index contributed by atoms with van der Waals surface area (Å²) in [6, 6.07) is 3.07. The molecule has 1 aliphatic heterocycles. The molecule has 0 unspecified atom stereocenters. The molecule has 0 atom stereocenters. The summed E-state index contributed by atoms with van der Waals surface area (Å²) in [6.07, 6.45) is 4.64. The summed E-state index contributed by atoms with van der Waals surface area (Å²) < 4.78 is 95.5. The second-order valence-electron chi connectivity index (χ2n) is 8.24. The van der Waals surface area contributed by atoms with Crippen LogP contribution in [0.25, 0.3) is 11.1 Å². The zero-order valence-corrected chi connectivity index (χ0v) is 19.7. The summed E-state index contributed by atoms with van der Waals surface area (Å²) in [6.45, 7) is 3.30. The Labute approximate surface area is 197 Å². The third kappa shape index (κ3) is 6.73.